The number of halogens is 1. The van der Waals surface area contributed by atoms with Gasteiger partial charge < -0.3 is 4.74 Å². The molecule has 7 heteroatoms. The van der Waals surface area contributed by atoms with Crippen molar-refractivity contribution in [3.63, 3.8) is 0 Å². The number of rotatable bonds is 5. The Balaban J connectivity index is 2.02. The summed E-state index contributed by atoms with van der Waals surface area (Å²) in [5, 5.41) is 2.61. The van der Waals surface area contributed by atoms with E-state index in [9.17, 15) is 14.4 Å². The van der Waals surface area contributed by atoms with Gasteiger partial charge in [0.05, 0.1) is 12.8 Å². The number of hydrogen-bond donors (Lipinski definition) is 1. The molecule has 0 aliphatic carbocycles. The molecule has 0 aromatic heterocycles. The van der Waals surface area contributed by atoms with Gasteiger partial charge >= 0.3 is 6.03 Å². The molecule has 1 heterocycles. The minimum atomic E-state index is -0.820. The molecule has 3 rings (SSSR count). The zero-order valence-corrected chi connectivity index (χ0v) is 16.7. The zero-order valence-electron chi connectivity index (χ0n) is 16.0. The first-order valence-electron chi connectivity index (χ1n) is 8.81. The predicted molar refractivity (Wildman–Crippen MR) is 112 cm³/mol. The number of anilines is 1. The van der Waals surface area contributed by atoms with Gasteiger partial charge in [-0.05, 0) is 60.4 Å². The molecule has 0 unspecified atom stereocenters. The molecule has 148 valence electrons. The quantitative estimate of drug-likeness (QED) is 0.458. The molecular weight excluding hydrogens is 392 g/mol. The maximum atomic E-state index is 13.0. The third-order valence-corrected chi connectivity index (χ3v) is 4.90. The third-order valence-electron chi connectivity index (χ3n) is 4.50. The number of nitrogens with zero attached hydrogens (tertiary/aromatic N) is 1. The molecule has 0 bridgehead atoms. The number of barbiturate groups is 1. The molecular formula is C22H19ClN2O4. The number of imide groups is 2. The summed E-state index contributed by atoms with van der Waals surface area (Å²) >= 11 is 6.13. The minimum absolute atomic E-state index is 0.156. The van der Waals surface area contributed by atoms with E-state index in [4.69, 9.17) is 16.3 Å². The van der Waals surface area contributed by atoms with Crippen molar-refractivity contribution in [3.05, 3.63) is 76.3 Å². The van der Waals surface area contributed by atoms with Crippen LogP contribution in [-0.2, 0) is 16.0 Å². The number of nitrogens with one attached hydrogen (secondary N) is 1. The topological polar surface area (TPSA) is 75.7 Å². The molecule has 1 aliphatic rings. The van der Waals surface area contributed by atoms with Crippen LogP contribution in [0.25, 0.3) is 6.08 Å². The Morgan fingerprint density at radius 3 is 2.59 bits per heavy atom. The fourth-order valence-electron chi connectivity index (χ4n) is 2.98. The first-order chi connectivity index (χ1) is 13.8. The number of benzene rings is 2. The largest absolute Gasteiger partial charge is 0.496 e. The molecule has 1 aliphatic heterocycles. The first kappa shape index (κ1) is 20.4. The lowest BCUT2D eigenvalue weighted by molar-refractivity contribution is -0.122. The van der Waals surface area contributed by atoms with Crippen LogP contribution in [0.1, 0.15) is 16.7 Å². The molecule has 1 N–H and O–H groups in total. The lowest BCUT2D eigenvalue weighted by Crippen LogP contribution is -2.54. The SMILES string of the molecule is C=CCc1cc(/C=C2/C(=O)NC(=O)N(c3ccc(C)c(Cl)c3)C2=O)ccc1OC. The van der Waals surface area contributed by atoms with Gasteiger partial charge in [-0.1, -0.05) is 29.8 Å². The molecule has 6 nitrogen and oxygen atoms in total. The third kappa shape index (κ3) is 4.07. The molecule has 0 radical (unpaired) electrons. The number of methoxy groups -OCH3 is 1. The zero-order chi connectivity index (χ0) is 21.1. The number of amides is 4. The summed E-state index contributed by atoms with van der Waals surface area (Å²) in [5.74, 6) is -0.798. The Labute approximate surface area is 173 Å². The molecule has 2 aromatic carbocycles. The smallest absolute Gasteiger partial charge is 0.335 e. The van der Waals surface area contributed by atoms with Crippen LogP contribution < -0.4 is 15.0 Å². The Morgan fingerprint density at radius 2 is 1.93 bits per heavy atom. The maximum absolute atomic E-state index is 13.0. The van der Waals surface area contributed by atoms with Crippen LogP contribution >= 0.6 is 11.6 Å². The fraction of sp³-hybridized carbons (Fsp3) is 0.136. The Bertz CT molecular complexity index is 1060. The summed E-state index contributed by atoms with van der Waals surface area (Å²) < 4.78 is 5.31. The number of allylic oxidation sites excluding steroid dienone is 1. The highest BCUT2D eigenvalue weighted by molar-refractivity contribution is 6.39. The number of ether oxygens (including phenoxy) is 1. The van der Waals surface area contributed by atoms with Crippen molar-refractivity contribution >= 4 is 41.2 Å². The lowest BCUT2D eigenvalue weighted by atomic mass is 10.0. The Hall–Kier alpha value is -3.38. The molecule has 2 aromatic rings. The van der Waals surface area contributed by atoms with Crippen molar-refractivity contribution in [2.75, 3.05) is 12.0 Å². The summed E-state index contributed by atoms with van der Waals surface area (Å²) in [6, 6.07) is 9.26. The van der Waals surface area contributed by atoms with Gasteiger partial charge in [-0.3, -0.25) is 14.9 Å². The van der Waals surface area contributed by atoms with Crippen LogP contribution in [0, 0.1) is 6.92 Å². The van der Waals surface area contributed by atoms with Gasteiger partial charge in [-0.15, -0.1) is 6.58 Å². The Morgan fingerprint density at radius 1 is 1.17 bits per heavy atom. The van der Waals surface area contributed by atoms with Crippen LogP contribution in [0.4, 0.5) is 10.5 Å². The van der Waals surface area contributed by atoms with Crippen LogP contribution in [0.5, 0.6) is 5.75 Å². The van der Waals surface area contributed by atoms with Crippen LogP contribution in [0.3, 0.4) is 0 Å². The highest BCUT2D eigenvalue weighted by atomic mass is 35.5. The molecule has 1 fully saturated rings. The van der Waals surface area contributed by atoms with E-state index in [1.807, 2.05) is 6.92 Å². The van der Waals surface area contributed by atoms with Gasteiger partial charge in [0.25, 0.3) is 11.8 Å². The van der Waals surface area contributed by atoms with E-state index in [1.165, 1.54) is 12.1 Å². The molecule has 0 spiro atoms. The second-order valence-electron chi connectivity index (χ2n) is 6.46. The van der Waals surface area contributed by atoms with Crippen molar-refractivity contribution in [2.45, 2.75) is 13.3 Å². The first-order valence-corrected chi connectivity index (χ1v) is 9.19. The minimum Gasteiger partial charge on any atom is -0.496 e. The monoisotopic (exact) mass is 410 g/mol. The average molecular weight is 411 g/mol. The second kappa shape index (κ2) is 8.32. The van der Waals surface area contributed by atoms with Crippen LogP contribution in [0.15, 0.2) is 54.6 Å². The van der Waals surface area contributed by atoms with Crippen LogP contribution in [0.2, 0.25) is 5.02 Å². The van der Waals surface area contributed by atoms with Gasteiger partial charge in [0, 0.05) is 5.02 Å². The Kier molecular flexibility index (Phi) is 5.84. The van der Waals surface area contributed by atoms with E-state index < -0.39 is 17.8 Å². The van der Waals surface area contributed by atoms with Gasteiger partial charge in [-0.2, -0.15) is 0 Å². The number of aryl methyl sites for hydroxylation is 1. The maximum Gasteiger partial charge on any atom is 0.335 e. The number of carbonyl (C=O) groups is 3. The van der Waals surface area contributed by atoms with Gasteiger partial charge in [0.2, 0.25) is 0 Å². The van der Waals surface area contributed by atoms with E-state index in [-0.39, 0.29) is 11.3 Å². The number of hydrogen-bond acceptors (Lipinski definition) is 4. The molecule has 1 saturated heterocycles. The standard InChI is InChI=1S/C22H19ClN2O4/c1-4-5-15-10-14(7-9-19(15)29-3)11-17-20(26)24-22(28)25(21(17)27)16-8-6-13(2)18(23)12-16/h4,6-12H,1,5H2,2-3H3,(H,24,26,28)/b17-11-. The van der Waals surface area contributed by atoms with E-state index in [2.05, 4.69) is 11.9 Å². The highest BCUT2D eigenvalue weighted by Crippen LogP contribution is 2.27. The summed E-state index contributed by atoms with van der Waals surface area (Å²) in [4.78, 5) is 38.5. The highest BCUT2D eigenvalue weighted by Gasteiger charge is 2.37. The lowest BCUT2D eigenvalue weighted by Gasteiger charge is -2.26. The van der Waals surface area contributed by atoms with Crippen molar-refractivity contribution in [2.24, 2.45) is 0 Å². The van der Waals surface area contributed by atoms with Gasteiger partial charge in [0.1, 0.15) is 11.3 Å². The van der Waals surface area contributed by atoms with Gasteiger partial charge in [0.15, 0.2) is 0 Å². The fourth-order valence-corrected chi connectivity index (χ4v) is 3.16. The molecule has 4 amide bonds. The van der Waals surface area contributed by atoms with Crippen molar-refractivity contribution in [1.82, 2.24) is 5.32 Å². The number of carbonyl (C=O) groups excluding carboxylic acids is 3. The van der Waals surface area contributed by atoms with Gasteiger partial charge in [-0.25, -0.2) is 9.69 Å². The molecule has 0 saturated carbocycles. The number of urea groups is 1. The second-order valence-corrected chi connectivity index (χ2v) is 6.86. The average Bonchev–Trinajstić information content (AvgIpc) is 2.68. The summed E-state index contributed by atoms with van der Waals surface area (Å²) in [6.45, 7) is 5.53. The molecule has 0 atom stereocenters. The van der Waals surface area contributed by atoms with Crippen molar-refractivity contribution in [3.8, 4) is 5.75 Å². The summed E-state index contributed by atoms with van der Waals surface area (Å²) in [5.41, 5.74) is 2.41. The van der Waals surface area contributed by atoms with E-state index in [0.29, 0.717) is 22.8 Å². The normalized spacial score (nSPS) is 15.5. The van der Waals surface area contributed by atoms with Crippen LogP contribution in [-0.4, -0.2) is 25.0 Å². The van der Waals surface area contributed by atoms with Crippen molar-refractivity contribution in [1.29, 1.82) is 0 Å². The predicted octanol–water partition coefficient (Wildman–Crippen LogP) is 4.05. The molecule has 29 heavy (non-hydrogen) atoms. The van der Waals surface area contributed by atoms with E-state index in [1.54, 1.807) is 43.5 Å². The summed E-state index contributed by atoms with van der Waals surface area (Å²) in [6.07, 6.45) is 3.74. The van der Waals surface area contributed by atoms with E-state index >= 15 is 0 Å². The summed E-state index contributed by atoms with van der Waals surface area (Å²) in [7, 11) is 1.56. The van der Waals surface area contributed by atoms with Crippen molar-refractivity contribution < 1.29 is 19.1 Å². The van der Waals surface area contributed by atoms with E-state index in [0.717, 1.165) is 16.0 Å².